The van der Waals surface area contributed by atoms with Gasteiger partial charge >= 0.3 is 0 Å². The van der Waals surface area contributed by atoms with Crippen LogP contribution in [0.3, 0.4) is 0 Å². The number of nitrogens with two attached hydrogens (primary N) is 1. The number of halogens is 1. The third-order valence-electron chi connectivity index (χ3n) is 3.40. The SMILES string of the molecule is COCCCCCn1nnnc1-c1cc(Br)cc(N)c1C. The number of hydrogen-bond donors (Lipinski definition) is 1. The van der Waals surface area contributed by atoms with Crippen LogP contribution < -0.4 is 5.73 Å². The number of benzene rings is 1. The van der Waals surface area contributed by atoms with Crippen LogP contribution in [0.1, 0.15) is 24.8 Å². The number of rotatable bonds is 7. The zero-order valence-electron chi connectivity index (χ0n) is 12.3. The van der Waals surface area contributed by atoms with Crippen molar-refractivity contribution >= 4 is 21.6 Å². The molecule has 6 nitrogen and oxygen atoms in total. The molecule has 21 heavy (non-hydrogen) atoms. The van der Waals surface area contributed by atoms with E-state index in [9.17, 15) is 0 Å². The summed E-state index contributed by atoms with van der Waals surface area (Å²) in [5, 5.41) is 12.0. The van der Waals surface area contributed by atoms with Gasteiger partial charge in [0.25, 0.3) is 0 Å². The molecule has 0 aliphatic rings. The topological polar surface area (TPSA) is 78.8 Å². The monoisotopic (exact) mass is 353 g/mol. The Morgan fingerprint density at radius 3 is 2.86 bits per heavy atom. The van der Waals surface area contributed by atoms with Crippen molar-refractivity contribution in [2.45, 2.75) is 32.7 Å². The van der Waals surface area contributed by atoms with Gasteiger partial charge in [0.15, 0.2) is 5.82 Å². The summed E-state index contributed by atoms with van der Waals surface area (Å²) in [5.41, 5.74) is 8.70. The third kappa shape index (κ3) is 4.01. The number of ether oxygens (including phenoxy) is 1. The number of nitrogens with zero attached hydrogens (tertiary/aromatic N) is 4. The molecule has 2 aromatic rings. The molecule has 0 aliphatic carbocycles. The molecule has 2 N–H and O–H groups in total. The molecule has 0 spiro atoms. The Hall–Kier alpha value is -1.47. The minimum Gasteiger partial charge on any atom is -0.398 e. The first-order valence-corrected chi connectivity index (χ1v) is 7.74. The molecule has 0 bridgehead atoms. The molecule has 1 aromatic heterocycles. The zero-order valence-corrected chi connectivity index (χ0v) is 13.9. The molecule has 0 saturated heterocycles. The lowest BCUT2D eigenvalue weighted by Gasteiger charge is -2.10. The highest BCUT2D eigenvalue weighted by Gasteiger charge is 2.13. The molecule has 0 atom stereocenters. The van der Waals surface area contributed by atoms with Crippen molar-refractivity contribution in [3.8, 4) is 11.4 Å². The highest BCUT2D eigenvalue weighted by atomic mass is 79.9. The number of unbranched alkanes of at least 4 members (excludes halogenated alkanes) is 2. The van der Waals surface area contributed by atoms with Crippen LogP contribution in [0, 0.1) is 6.92 Å². The number of aryl methyl sites for hydroxylation is 1. The molecular weight excluding hydrogens is 334 g/mol. The number of aromatic nitrogens is 4. The molecule has 1 heterocycles. The van der Waals surface area contributed by atoms with Gasteiger partial charge in [-0.1, -0.05) is 15.9 Å². The average Bonchev–Trinajstić information content (AvgIpc) is 2.91. The molecule has 0 saturated carbocycles. The Morgan fingerprint density at radius 1 is 1.29 bits per heavy atom. The average molecular weight is 354 g/mol. The van der Waals surface area contributed by atoms with Crippen LogP contribution in [0.25, 0.3) is 11.4 Å². The maximum Gasteiger partial charge on any atom is 0.182 e. The van der Waals surface area contributed by atoms with Crippen molar-refractivity contribution in [1.82, 2.24) is 20.2 Å². The van der Waals surface area contributed by atoms with E-state index in [1.165, 1.54) is 0 Å². The Morgan fingerprint density at radius 2 is 2.10 bits per heavy atom. The molecule has 0 radical (unpaired) electrons. The summed E-state index contributed by atoms with van der Waals surface area (Å²) in [5.74, 6) is 0.757. The van der Waals surface area contributed by atoms with Crippen LogP contribution in [0.5, 0.6) is 0 Å². The lowest BCUT2D eigenvalue weighted by atomic mass is 10.1. The number of methoxy groups -OCH3 is 1. The second kappa shape index (κ2) is 7.51. The van der Waals surface area contributed by atoms with Gasteiger partial charge in [0.2, 0.25) is 0 Å². The zero-order chi connectivity index (χ0) is 15.2. The maximum absolute atomic E-state index is 6.01. The first kappa shape index (κ1) is 15.9. The van der Waals surface area contributed by atoms with Crippen molar-refractivity contribution in [2.75, 3.05) is 19.5 Å². The quantitative estimate of drug-likeness (QED) is 0.611. The van der Waals surface area contributed by atoms with E-state index in [0.717, 1.165) is 59.5 Å². The third-order valence-corrected chi connectivity index (χ3v) is 3.86. The molecule has 7 heteroatoms. The summed E-state index contributed by atoms with van der Waals surface area (Å²) in [6.07, 6.45) is 3.16. The van der Waals surface area contributed by atoms with Gasteiger partial charge in [-0.05, 0) is 54.3 Å². The Bertz CT molecular complexity index is 599. The number of hydrogen-bond acceptors (Lipinski definition) is 5. The fourth-order valence-electron chi connectivity index (χ4n) is 2.17. The molecule has 114 valence electrons. The highest BCUT2D eigenvalue weighted by molar-refractivity contribution is 9.10. The number of tetrazole rings is 1. The van der Waals surface area contributed by atoms with Crippen molar-refractivity contribution < 1.29 is 4.74 Å². The first-order valence-electron chi connectivity index (χ1n) is 6.94. The van der Waals surface area contributed by atoms with Gasteiger partial charge < -0.3 is 10.5 Å². The summed E-state index contributed by atoms with van der Waals surface area (Å²) in [7, 11) is 1.72. The minimum atomic E-state index is 0.731. The van der Waals surface area contributed by atoms with Crippen molar-refractivity contribution in [2.24, 2.45) is 0 Å². The molecule has 2 rings (SSSR count). The second-order valence-electron chi connectivity index (χ2n) is 4.95. The van der Waals surface area contributed by atoms with Crippen LogP contribution in [0.15, 0.2) is 16.6 Å². The summed E-state index contributed by atoms with van der Waals surface area (Å²) in [6, 6.07) is 3.89. The Balaban J connectivity index is 2.13. The van der Waals surface area contributed by atoms with Crippen LogP contribution in [0.2, 0.25) is 0 Å². The minimum absolute atomic E-state index is 0.731. The normalized spacial score (nSPS) is 11.0. The predicted octanol–water partition coefficient (Wildman–Crippen LogP) is 2.81. The van der Waals surface area contributed by atoms with Crippen LogP contribution in [-0.2, 0) is 11.3 Å². The molecular formula is C14H20BrN5O. The van der Waals surface area contributed by atoms with E-state index in [4.69, 9.17) is 10.5 Å². The number of anilines is 1. The molecule has 0 unspecified atom stereocenters. The lowest BCUT2D eigenvalue weighted by molar-refractivity contribution is 0.191. The summed E-state index contributed by atoms with van der Waals surface area (Å²) >= 11 is 3.47. The predicted molar refractivity (Wildman–Crippen MR) is 85.8 cm³/mol. The molecule has 1 aromatic carbocycles. The smallest absolute Gasteiger partial charge is 0.182 e. The van der Waals surface area contributed by atoms with E-state index in [1.807, 2.05) is 23.7 Å². The van der Waals surface area contributed by atoms with E-state index < -0.39 is 0 Å². The molecule has 0 fully saturated rings. The van der Waals surface area contributed by atoms with Gasteiger partial charge in [0.1, 0.15) is 0 Å². The van der Waals surface area contributed by atoms with E-state index in [0.29, 0.717) is 0 Å². The Kier molecular flexibility index (Phi) is 5.69. The van der Waals surface area contributed by atoms with E-state index in [1.54, 1.807) is 7.11 Å². The highest BCUT2D eigenvalue weighted by Crippen LogP contribution is 2.29. The Labute approximate surface area is 132 Å². The summed E-state index contributed by atoms with van der Waals surface area (Å²) in [4.78, 5) is 0. The maximum atomic E-state index is 6.01. The first-order chi connectivity index (χ1) is 10.1. The van der Waals surface area contributed by atoms with Crippen molar-refractivity contribution in [3.05, 3.63) is 22.2 Å². The summed E-state index contributed by atoms with van der Waals surface area (Å²) in [6.45, 7) is 3.57. The molecule has 0 amide bonds. The van der Waals surface area contributed by atoms with E-state index >= 15 is 0 Å². The van der Waals surface area contributed by atoms with E-state index in [-0.39, 0.29) is 0 Å². The van der Waals surface area contributed by atoms with Gasteiger partial charge in [-0.15, -0.1) is 5.10 Å². The fourth-order valence-corrected chi connectivity index (χ4v) is 2.64. The molecule has 0 aliphatic heterocycles. The van der Waals surface area contributed by atoms with Crippen LogP contribution in [-0.4, -0.2) is 33.9 Å². The van der Waals surface area contributed by atoms with Crippen molar-refractivity contribution in [1.29, 1.82) is 0 Å². The van der Waals surface area contributed by atoms with Gasteiger partial charge in [-0.2, -0.15) is 0 Å². The van der Waals surface area contributed by atoms with Gasteiger partial charge in [-0.25, -0.2) is 4.68 Å². The lowest BCUT2D eigenvalue weighted by Crippen LogP contribution is -2.05. The standard InChI is InChI=1S/C14H20BrN5O/c1-10-12(8-11(15)9-13(10)16)14-17-18-19-20(14)6-4-3-5-7-21-2/h8-9H,3-7,16H2,1-2H3. The van der Waals surface area contributed by atoms with Gasteiger partial charge in [0, 0.05) is 36.0 Å². The fraction of sp³-hybridized carbons (Fsp3) is 0.500. The van der Waals surface area contributed by atoms with Crippen LogP contribution >= 0.6 is 15.9 Å². The van der Waals surface area contributed by atoms with E-state index in [2.05, 4.69) is 31.5 Å². The van der Waals surface area contributed by atoms with Crippen molar-refractivity contribution in [3.63, 3.8) is 0 Å². The summed E-state index contributed by atoms with van der Waals surface area (Å²) < 4.78 is 7.81. The largest absolute Gasteiger partial charge is 0.398 e. The van der Waals surface area contributed by atoms with Gasteiger partial charge in [-0.3, -0.25) is 0 Å². The van der Waals surface area contributed by atoms with Gasteiger partial charge in [0.05, 0.1) is 0 Å². The number of nitrogen functional groups attached to an aromatic ring is 1. The van der Waals surface area contributed by atoms with Crippen LogP contribution in [0.4, 0.5) is 5.69 Å². The second-order valence-corrected chi connectivity index (χ2v) is 5.86.